The molecule has 2 heterocycles. The van der Waals surface area contributed by atoms with Gasteiger partial charge in [-0.15, -0.1) is 0 Å². The largest absolute Gasteiger partial charge is 0.395 e. The molecule has 0 radical (unpaired) electrons. The molecular formula is C26H26N2O. The van der Waals surface area contributed by atoms with Gasteiger partial charge in [-0.2, -0.15) is 0 Å². The second-order valence-corrected chi connectivity index (χ2v) is 8.66. The van der Waals surface area contributed by atoms with Crippen LogP contribution in [0, 0.1) is 17.3 Å². The molecule has 0 spiro atoms. The van der Waals surface area contributed by atoms with E-state index in [1.165, 1.54) is 22.1 Å². The van der Waals surface area contributed by atoms with Crippen LogP contribution in [0.15, 0.2) is 88.8 Å². The summed E-state index contributed by atoms with van der Waals surface area (Å²) in [4.78, 5) is 7.76. The number of hydrogen-bond donors (Lipinski definition) is 2. The lowest BCUT2D eigenvalue weighted by molar-refractivity contribution is 0.198. The number of nitrogens with one attached hydrogen (secondary N) is 1. The number of aromatic nitrogens is 1. The number of aliphatic imine (C=N–C) groups is 1. The van der Waals surface area contributed by atoms with Crippen LogP contribution in [0.1, 0.15) is 25.8 Å². The van der Waals surface area contributed by atoms with Crippen molar-refractivity contribution in [3.05, 3.63) is 89.3 Å². The lowest BCUT2D eigenvalue weighted by Crippen LogP contribution is -2.24. The third kappa shape index (κ3) is 3.06. The molecule has 2 aromatic rings. The van der Waals surface area contributed by atoms with Crippen molar-refractivity contribution in [1.29, 1.82) is 0 Å². The quantitative estimate of drug-likeness (QED) is 0.665. The second kappa shape index (κ2) is 6.85. The van der Waals surface area contributed by atoms with E-state index in [4.69, 9.17) is 0 Å². The summed E-state index contributed by atoms with van der Waals surface area (Å²) in [5, 5.41) is 11.8. The second-order valence-electron chi connectivity index (χ2n) is 8.66. The molecule has 2 aliphatic carbocycles. The molecule has 0 amide bonds. The molecule has 3 heteroatoms. The lowest BCUT2D eigenvalue weighted by atomic mass is 9.77. The number of fused-ring (bicyclic) bond motifs is 3. The van der Waals surface area contributed by atoms with Crippen LogP contribution in [0.25, 0.3) is 17.0 Å². The van der Waals surface area contributed by atoms with Gasteiger partial charge in [0.25, 0.3) is 0 Å². The first-order chi connectivity index (χ1) is 14.1. The van der Waals surface area contributed by atoms with Gasteiger partial charge in [-0.05, 0) is 78.6 Å². The van der Waals surface area contributed by atoms with Crippen molar-refractivity contribution in [2.24, 2.45) is 22.2 Å². The SMILES string of the molecule is CC(C)=CC1CC(C=Cc2ccc3[nH]ccc3c2)(CO)C2=CC3=NC=CC3=CC21. The van der Waals surface area contributed by atoms with Crippen LogP contribution < -0.4 is 0 Å². The number of hydrogen-bond acceptors (Lipinski definition) is 2. The predicted molar refractivity (Wildman–Crippen MR) is 121 cm³/mol. The molecule has 0 bridgehead atoms. The minimum atomic E-state index is -0.360. The lowest BCUT2D eigenvalue weighted by Gasteiger charge is -2.28. The maximum absolute atomic E-state index is 10.6. The van der Waals surface area contributed by atoms with Gasteiger partial charge < -0.3 is 10.1 Å². The molecule has 0 saturated heterocycles. The highest BCUT2D eigenvalue weighted by Gasteiger charge is 2.47. The number of rotatable bonds is 4. The highest BCUT2D eigenvalue weighted by molar-refractivity contribution is 6.13. The Bertz CT molecular complexity index is 1150. The third-order valence-electron chi connectivity index (χ3n) is 6.41. The van der Waals surface area contributed by atoms with E-state index in [-0.39, 0.29) is 12.0 Å². The minimum absolute atomic E-state index is 0.106. The third-order valence-corrected chi connectivity index (χ3v) is 6.41. The van der Waals surface area contributed by atoms with E-state index in [0.29, 0.717) is 11.8 Å². The van der Waals surface area contributed by atoms with Crippen LogP contribution in [-0.4, -0.2) is 22.4 Å². The highest BCUT2D eigenvalue weighted by Crippen LogP contribution is 2.54. The maximum Gasteiger partial charge on any atom is 0.0699 e. The fraction of sp³-hybridized carbons (Fsp3) is 0.269. The van der Waals surface area contributed by atoms with Crippen molar-refractivity contribution < 1.29 is 5.11 Å². The van der Waals surface area contributed by atoms with Crippen LogP contribution in [0.5, 0.6) is 0 Å². The van der Waals surface area contributed by atoms with E-state index in [1.54, 1.807) is 0 Å². The molecule has 1 fully saturated rings. The molecule has 3 nitrogen and oxygen atoms in total. The molecule has 29 heavy (non-hydrogen) atoms. The Morgan fingerprint density at radius 3 is 3.03 bits per heavy atom. The number of aromatic amines is 1. The summed E-state index contributed by atoms with van der Waals surface area (Å²) >= 11 is 0. The topological polar surface area (TPSA) is 48.4 Å². The zero-order valence-electron chi connectivity index (χ0n) is 16.9. The average molecular weight is 383 g/mol. The number of nitrogens with zero attached hydrogens (tertiary/aromatic N) is 1. The van der Waals surface area contributed by atoms with Crippen molar-refractivity contribution in [2.75, 3.05) is 6.61 Å². The van der Waals surface area contributed by atoms with E-state index in [9.17, 15) is 5.11 Å². The minimum Gasteiger partial charge on any atom is -0.395 e. The van der Waals surface area contributed by atoms with Crippen LogP contribution in [-0.2, 0) is 0 Å². The fourth-order valence-corrected chi connectivity index (χ4v) is 5.04. The fourth-order valence-electron chi connectivity index (χ4n) is 5.04. The van der Waals surface area contributed by atoms with Crippen molar-refractivity contribution in [1.82, 2.24) is 4.98 Å². The molecule has 3 atom stereocenters. The van der Waals surface area contributed by atoms with Crippen molar-refractivity contribution >= 4 is 22.7 Å². The summed E-state index contributed by atoms with van der Waals surface area (Å²) in [5.74, 6) is 0.698. The monoisotopic (exact) mass is 382 g/mol. The van der Waals surface area contributed by atoms with Crippen LogP contribution in [0.4, 0.5) is 0 Å². The number of aliphatic hydroxyl groups is 1. The Morgan fingerprint density at radius 2 is 2.21 bits per heavy atom. The van der Waals surface area contributed by atoms with Crippen LogP contribution in [0.3, 0.4) is 0 Å². The van der Waals surface area contributed by atoms with E-state index < -0.39 is 0 Å². The Morgan fingerprint density at radius 1 is 1.31 bits per heavy atom. The summed E-state index contributed by atoms with van der Waals surface area (Å²) in [7, 11) is 0. The van der Waals surface area contributed by atoms with Crippen molar-refractivity contribution in [3.63, 3.8) is 0 Å². The van der Waals surface area contributed by atoms with Gasteiger partial charge in [0.05, 0.1) is 12.3 Å². The standard InChI is InChI=1S/C26H26N2O/c1-17(2)11-21-15-26(16-29,23-14-25-20(7-10-28-25)13-22(21)23)8-5-18-3-4-24-19(12-18)6-9-27-24/h3-14,21-22,27,29H,15-16H2,1-2H3. The molecule has 146 valence electrons. The molecule has 3 aliphatic rings. The van der Waals surface area contributed by atoms with Gasteiger partial charge in [-0.1, -0.05) is 35.9 Å². The number of aliphatic hydroxyl groups excluding tert-OH is 1. The summed E-state index contributed by atoms with van der Waals surface area (Å²) < 4.78 is 0. The van der Waals surface area contributed by atoms with Gasteiger partial charge in [0.15, 0.2) is 0 Å². The van der Waals surface area contributed by atoms with E-state index >= 15 is 0 Å². The van der Waals surface area contributed by atoms with Gasteiger partial charge in [-0.25, -0.2) is 0 Å². The molecule has 3 unspecified atom stereocenters. The summed E-state index contributed by atoms with van der Waals surface area (Å²) in [6.45, 7) is 4.42. The zero-order valence-corrected chi connectivity index (χ0v) is 16.9. The Hall–Kier alpha value is -2.91. The van der Waals surface area contributed by atoms with Crippen LogP contribution >= 0.6 is 0 Å². The first-order valence-corrected chi connectivity index (χ1v) is 10.3. The van der Waals surface area contributed by atoms with E-state index in [1.807, 2.05) is 12.4 Å². The van der Waals surface area contributed by atoms with Gasteiger partial charge in [-0.3, -0.25) is 4.99 Å². The molecular weight excluding hydrogens is 356 g/mol. The van der Waals surface area contributed by atoms with Crippen molar-refractivity contribution in [3.8, 4) is 0 Å². The van der Waals surface area contributed by atoms with Gasteiger partial charge in [0.1, 0.15) is 0 Å². The van der Waals surface area contributed by atoms with Crippen molar-refractivity contribution in [2.45, 2.75) is 20.3 Å². The number of allylic oxidation sites excluding steroid dienone is 6. The molecule has 1 saturated carbocycles. The Balaban J connectivity index is 1.56. The van der Waals surface area contributed by atoms with Gasteiger partial charge in [0.2, 0.25) is 0 Å². The molecule has 2 N–H and O–H groups in total. The molecule has 1 aromatic carbocycles. The van der Waals surface area contributed by atoms with Gasteiger partial charge >= 0.3 is 0 Å². The average Bonchev–Trinajstić information content (AvgIpc) is 3.42. The summed E-state index contributed by atoms with van der Waals surface area (Å²) in [5.41, 5.74) is 6.78. The first kappa shape index (κ1) is 18.1. The highest BCUT2D eigenvalue weighted by atomic mass is 16.3. The Labute approximate surface area is 171 Å². The number of H-pyrrole nitrogens is 1. The van der Waals surface area contributed by atoms with Crippen LogP contribution in [0.2, 0.25) is 0 Å². The van der Waals surface area contributed by atoms with E-state index in [2.05, 4.69) is 84.5 Å². The zero-order chi connectivity index (χ0) is 20.0. The molecule has 1 aromatic heterocycles. The Kier molecular flexibility index (Phi) is 4.29. The summed E-state index contributed by atoms with van der Waals surface area (Å²) in [6.07, 6.45) is 18.2. The normalized spacial score (nSPS) is 27.6. The van der Waals surface area contributed by atoms with Gasteiger partial charge in [0, 0.05) is 29.2 Å². The maximum atomic E-state index is 10.6. The predicted octanol–water partition coefficient (Wildman–Crippen LogP) is 5.60. The van der Waals surface area contributed by atoms with E-state index in [0.717, 1.165) is 23.2 Å². The first-order valence-electron chi connectivity index (χ1n) is 10.3. The molecule has 5 rings (SSSR count). The summed E-state index contributed by atoms with van der Waals surface area (Å²) in [6, 6.07) is 8.51. The number of benzene rings is 1. The molecule has 1 aliphatic heterocycles. The smallest absolute Gasteiger partial charge is 0.0699 e.